The normalized spacial score (nSPS) is 12.2. The number of furan rings is 1. The number of carbonyl (C=O) groups excluding carboxylic acids is 1. The first-order valence-electron chi connectivity index (χ1n) is 10.5. The highest BCUT2D eigenvalue weighted by molar-refractivity contribution is 7.89. The first-order chi connectivity index (χ1) is 15.1. The van der Waals surface area contributed by atoms with E-state index < -0.39 is 16.0 Å². The zero-order chi connectivity index (χ0) is 23.9. The van der Waals surface area contributed by atoms with Crippen molar-refractivity contribution in [2.75, 3.05) is 26.2 Å². The van der Waals surface area contributed by atoms with E-state index >= 15 is 0 Å². The molecule has 10 heteroatoms. The lowest BCUT2D eigenvalue weighted by Gasteiger charge is -2.16. The molecule has 0 radical (unpaired) electrons. The number of rotatable bonds is 12. The van der Waals surface area contributed by atoms with Crippen molar-refractivity contribution < 1.29 is 32.3 Å². The molecule has 2 rings (SSSR count). The summed E-state index contributed by atoms with van der Waals surface area (Å²) in [4.78, 5) is 24.8. The number of fused-ring (bicyclic) bond motifs is 1. The maximum absolute atomic E-state index is 12.7. The summed E-state index contributed by atoms with van der Waals surface area (Å²) in [6.45, 7) is 8.66. The molecule has 1 aromatic carbocycles. The van der Waals surface area contributed by atoms with Crippen LogP contribution in [0.5, 0.6) is 5.75 Å². The largest absolute Gasteiger partial charge is 0.490 e. The summed E-state index contributed by atoms with van der Waals surface area (Å²) in [6.07, 6.45) is 1.70. The Morgan fingerprint density at radius 3 is 2.50 bits per heavy atom. The number of allylic oxidation sites excluding steroid dienone is 1. The molecule has 0 aliphatic carbocycles. The van der Waals surface area contributed by atoms with E-state index in [0.29, 0.717) is 42.0 Å². The van der Waals surface area contributed by atoms with Crippen LogP contribution in [0.1, 0.15) is 46.3 Å². The number of nitrogens with zero attached hydrogens (tertiary/aromatic N) is 1. The number of carboxylic acid groups (broad SMARTS) is 1. The number of aliphatic carboxylic acids is 1. The van der Waals surface area contributed by atoms with E-state index in [-0.39, 0.29) is 36.0 Å². The second-order valence-corrected chi connectivity index (χ2v) is 8.84. The summed E-state index contributed by atoms with van der Waals surface area (Å²) in [5.74, 6) is -0.451. The van der Waals surface area contributed by atoms with Gasteiger partial charge in [0, 0.05) is 37.5 Å². The van der Waals surface area contributed by atoms with E-state index in [2.05, 4.69) is 4.72 Å². The molecule has 0 saturated carbocycles. The lowest BCUT2D eigenvalue weighted by atomic mass is 10.2. The van der Waals surface area contributed by atoms with Gasteiger partial charge in [0.15, 0.2) is 11.3 Å². The molecular weight excluding hydrogens is 436 g/mol. The number of nitrogens with one attached hydrogen (secondary N) is 1. The second-order valence-electron chi connectivity index (χ2n) is 7.10. The minimum atomic E-state index is -3.78. The first-order valence-corrected chi connectivity index (χ1v) is 12.0. The summed E-state index contributed by atoms with van der Waals surface area (Å²) in [5, 5.41) is 9.10. The Kier molecular flexibility index (Phi) is 8.85. The number of carbonyl (C=O) groups is 2. The number of carboxylic acids is 1. The maximum atomic E-state index is 12.7. The fourth-order valence-electron chi connectivity index (χ4n) is 3.17. The fourth-order valence-corrected chi connectivity index (χ4v) is 4.40. The van der Waals surface area contributed by atoms with Crippen LogP contribution >= 0.6 is 0 Å². The van der Waals surface area contributed by atoms with E-state index in [1.54, 1.807) is 24.8 Å². The highest BCUT2D eigenvalue weighted by Crippen LogP contribution is 2.36. The number of amides is 1. The Labute approximate surface area is 188 Å². The van der Waals surface area contributed by atoms with Crippen LogP contribution in [-0.2, 0) is 19.6 Å². The Morgan fingerprint density at radius 1 is 1.22 bits per heavy atom. The van der Waals surface area contributed by atoms with Crippen LogP contribution in [0.2, 0.25) is 0 Å². The van der Waals surface area contributed by atoms with Crippen LogP contribution in [0.25, 0.3) is 16.5 Å². The smallest absolute Gasteiger partial charge is 0.303 e. The van der Waals surface area contributed by atoms with E-state index in [0.717, 1.165) is 0 Å². The molecule has 1 heterocycles. The molecule has 0 aliphatic heterocycles. The molecule has 176 valence electrons. The number of benzene rings is 1. The average Bonchev–Trinajstić information content (AvgIpc) is 3.17. The van der Waals surface area contributed by atoms with Gasteiger partial charge in [0.25, 0.3) is 0 Å². The van der Waals surface area contributed by atoms with Crippen molar-refractivity contribution in [1.82, 2.24) is 9.62 Å². The van der Waals surface area contributed by atoms with Gasteiger partial charge >= 0.3 is 5.97 Å². The lowest BCUT2D eigenvalue weighted by Crippen LogP contribution is -2.28. The van der Waals surface area contributed by atoms with Crippen LogP contribution in [0.4, 0.5) is 0 Å². The summed E-state index contributed by atoms with van der Waals surface area (Å²) < 4.78 is 39.4. The lowest BCUT2D eigenvalue weighted by molar-refractivity contribution is -0.137. The van der Waals surface area contributed by atoms with Crippen LogP contribution in [0.15, 0.2) is 33.6 Å². The molecule has 0 atom stereocenters. The van der Waals surface area contributed by atoms with Crippen molar-refractivity contribution in [2.24, 2.45) is 0 Å². The van der Waals surface area contributed by atoms with E-state index in [4.69, 9.17) is 14.3 Å². The Balaban J connectivity index is 2.51. The first kappa shape index (κ1) is 25.4. The van der Waals surface area contributed by atoms with Crippen molar-refractivity contribution in [3.05, 3.63) is 30.0 Å². The molecular formula is C22H30N2O7S. The molecule has 0 bridgehead atoms. The van der Waals surface area contributed by atoms with Gasteiger partial charge in [-0.2, -0.15) is 0 Å². The van der Waals surface area contributed by atoms with Gasteiger partial charge in [0.1, 0.15) is 5.76 Å². The molecule has 1 amide bonds. The van der Waals surface area contributed by atoms with Gasteiger partial charge in [-0.05, 0) is 51.0 Å². The Morgan fingerprint density at radius 2 is 1.91 bits per heavy atom. The summed E-state index contributed by atoms with van der Waals surface area (Å²) >= 11 is 0. The van der Waals surface area contributed by atoms with Gasteiger partial charge in [0.05, 0.1) is 11.5 Å². The number of likely N-dealkylation sites (N-methyl/N-ethyl adjacent to an activating group) is 1. The summed E-state index contributed by atoms with van der Waals surface area (Å²) in [7, 11) is -3.78. The quantitative estimate of drug-likeness (QED) is 0.363. The molecule has 0 unspecified atom stereocenters. The maximum Gasteiger partial charge on any atom is 0.303 e. The predicted octanol–water partition coefficient (Wildman–Crippen LogP) is 3.25. The average molecular weight is 467 g/mol. The van der Waals surface area contributed by atoms with Crippen LogP contribution < -0.4 is 9.46 Å². The zero-order valence-corrected chi connectivity index (χ0v) is 19.6. The zero-order valence-electron chi connectivity index (χ0n) is 18.8. The SMILES string of the molecule is CCNS(=O)(=O)c1ccc(OCCCC(=O)O)c2oc(C(C)=CC(=O)N(CC)CC)cc12. The Bertz CT molecular complexity index is 1100. The minimum Gasteiger partial charge on any atom is -0.490 e. The van der Waals surface area contributed by atoms with Crippen molar-refractivity contribution in [2.45, 2.75) is 45.4 Å². The summed E-state index contributed by atoms with van der Waals surface area (Å²) in [6, 6.07) is 4.48. The number of hydrogen-bond acceptors (Lipinski definition) is 6. The van der Waals surface area contributed by atoms with Crippen LogP contribution in [-0.4, -0.2) is 56.5 Å². The third kappa shape index (κ3) is 6.10. The van der Waals surface area contributed by atoms with Crippen molar-refractivity contribution in [3.63, 3.8) is 0 Å². The molecule has 2 aromatic rings. The highest BCUT2D eigenvalue weighted by Gasteiger charge is 2.22. The van der Waals surface area contributed by atoms with Crippen molar-refractivity contribution >= 4 is 38.4 Å². The topological polar surface area (TPSA) is 126 Å². The van der Waals surface area contributed by atoms with Crippen LogP contribution in [0.3, 0.4) is 0 Å². The minimum absolute atomic E-state index is 0.0325. The van der Waals surface area contributed by atoms with Crippen LogP contribution in [0, 0.1) is 0 Å². The molecule has 0 spiro atoms. The standard InChI is InChI=1S/C22H30N2O7S/c1-5-23-32(28,29)19-11-10-17(30-12-8-9-21(26)27)22-16(19)14-18(31-22)15(4)13-20(25)24(6-2)7-3/h10-11,13-14,23H,5-9,12H2,1-4H3,(H,26,27). The second kappa shape index (κ2) is 11.1. The molecule has 2 N–H and O–H groups in total. The van der Waals surface area contributed by atoms with Gasteiger partial charge in [-0.3, -0.25) is 9.59 Å². The monoisotopic (exact) mass is 466 g/mol. The van der Waals surface area contributed by atoms with Gasteiger partial charge in [-0.1, -0.05) is 6.92 Å². The van der Waals surface area contributed by atoms with E-state index in [1.165, 1.54) is 18.2 Å². The molecule has 0 aliphatic rings. The molecule has 9 nitrogen and oxygen atoms in total. The number of hydrogen-bond donors (Lipinski definition) is 2. The van der Waals surface area contributed by atoms with Gasteiger partial charge in [0.2, 0.25) is 15.9 Å². The predicted molar refractivity (Wildman–Crippen MR) is 121 cm³/mol. The molecule has 0 saturated heterocycles. The van der Waals surface area contributed by atoms with E-state index in [9.17, 15) is 18.0 Å². The molecule has 32 heavy (non-hydrogen) atoms. The highest BCUT2D eigenvalue weighted by atomic mass is 32.2. The van der Waals surface area contributed by atoms with E-state index in [1.807, 2.05) is 13.8 Å². The van der Waals surface area contributed by atoms with Crippen molar-refractivity contribution in [1.29, 1.82) is 0 Å². The third-order valence-electron chi connectivity index (χ3n) is 4.83. The summed E-state index contributed by atoms with van der Waals surface area (Å²) in [5.41, 5.74) is 0.763. The third-order valence-corrected chi connectivity index (χ3v) is 6.43. The van der Waals surface area contributed by atoms with Gasteiger partial charge in [-0.25, -0.2) is 13.1 Å². The molecule has 1 aromatic heterocycles. The van der Waals surface area contributed by atoms with Gasteiger partial charge in [-0.15, -0.1) is 0 Å². The number of ether oxygens (including phenoxy) is 1. The number of sulfonamides is 1. The van der Waals surface area contributed by atoms with Crippen molar-refractivity contribution in [3.8, 4) is 5.75 Å². The van der Waals surface area contributed by atoms with Gasteiger partial charge < -0.3 is 19.2 Å². The molecule has 0 fully saturated rings. The Hall–Kier alpha value is -2.85. The fraction of sp³-hybridized carbons (Fsp3) is 0.455.